The SMILES string of the molecule is COCCOc1ccc(C(=O)N2CCCC[C@H]2C(=O)O)cc1. The molecule has 6 heteroatoms. The molecule has 22 heavy (non-hydrogen) atoms. The van der Waals surface area contributed by atoms with E-state index in [2.05, 4.69) is 0 Å². The topological polar surface area (TPSA) is 76.1 Å². The number of piperidine rings is 1. The number of carboxylic acid groups (broad SMARTS) is 1. The lowest BCUT2D eigenvalue weighted by Gasteiger charge is -2.33. The van der Waals surface area contributed by atoms with E-state index in [1.165, 1.54) is 4.90 Å². The molecule has 0 spiro atoms. The maximum Gasteiger partial charge on any atom is 0.326 e. The second-order valence-electron chi connectivity index (χ2n) is 5.21. The summed E-state index contributed by atoms with van der Waals surface area (Å²) in [6.45, 7) is 1.42. The van der Waals surface area contributed by atoms with Gasteiger partial charge in [-0.25, -0.2) is 4.79 Å². The number of benzene rings is 1. The predicted molar refractivity (Wildman–Crippen MR) is 80.1 cm³/mol. The van der Waals surface area contributed by atoms with Gasteiger partial charge in [0, 0.05) is 19.2 Å². The van der Waals surface area contributed by atoms with Gasteiger partial charge in [0.1, 0.15) is 18.4 Å². The van der Waals surface area contributed by atoms with Gasteiger partial charge in [0.05, 0.1) is 6.61 Å². The van der Waals surface area contributed by atoms with Crippen LogP contribution in [-0.2, 0) is 9.53 Å². The number of carbonyl (C=O) groups excluding carboxylic acids is 1. The van der Waals surface area contributed by atoms with Crippen molar-refractivity contribution in [1.82, 2.24) is 4.90 Å². The van der Waals surface area contributed by atoms with Gasteiger partial charge in [-0.2, -0.15) is 0 Å². The third-order valence-electron chi connectivity index (χ3n) is 3.71. The van der Waals surface area contributed by atoms with Gasteiger partial charge in [0.2, 0.25) is 0 Å². The van der Waals surface area contributed by atoms with Crippen molar-refractivity contribution in [2.45, 2.75) is 25.3 Å². The number of aliphatic carboxylic acids is 1. The Labute approximate surface area is 129 Å². The first-order chi connectivity index (χ1) is 10.6. The molecule has 0 saturated carbocycles. The van der Waals surface area contributed by atoms with Crippen molar-refractivity contribution in [2.24, 2.45) is 0 Å². The zero-order chi connectivity index (χ0) is 15.9. The quantitative estimate of drug-likeness (QED) is 0.811. The monoisotopic (exact) mass is 307 g/mol. The molecule has 1 atom stereocenters. The van der Waals surface area contributed by atoms with Crippen LogP contribution in [0.4, 0.5) is 0 Å². The van der Waals surface area contributed by atoms with Crippen LogP contribution in [0.5, 0.6) is 5.75 Å². The fourth-order valence-corrected chi connectivity index (χ4v) is 2.53. The molecule has 0 aromatic heterocycles. The number of amides is 1. The molecular formula is C16H21NO5. The summed E-state index contributed by atoms with van der Waals surface area (Å²) in [5.41, 5.74) is 0.479. The second-order valence-corrected chi connectivity index (χ2v) is 5.21. The third-order valence-corrected chi connectivity index (χ3v) is 3.71. The molecule has 0 radical (unpaired) electrons. The highest BCUT2D eigenvalue weighted by Gasteiger charge is 2.32. The van der Waals surface area contributed by atoms with Gasteiger partial charge in [-0.15, -0.1) is 0 Å². The average molecular weight is 307 g/mol. The lowest BCUT2D eigenvalue weighted by atomic mass is 10.0. The van der Waals surface area contributed by atoms with E-state index in [0.717, 1.165) is 12.8 Å². The van der Waals surface area contributed by atoms with Gasteiger partial charge in [-0.1, -0.05) is 0 Å². The smallest absolute Gasteiger partial charge is 0.326 e. The standard InChI is InChI=1S/C16H21NO5/c1-21-10-11-22-13-7-5-12(6-8-13)15(18)17-9-3-2-4-14(17)16(19)20/h5-8,14H,2-4,9-11H2,1H3,(H,19,20)/t14-/m0/s1. The van der Waals surface area contributed by atoms with E-state index in [-0.39, 0.29) is 5.91 Å². The Balaban J connectivity index is 2.03. The number of nitrogens with zero attached hydrogens (tertiary/aromatic N) is 1. The number of carboxylic acids is 1. The summed E-state index contributed by atoms with van der Waals surface area (Å²) < 4.78 is 10.3. The average Bonchev–Trinajstić information content (AvgIpc) is 2.55. The number of likely N-dealkylation sites (tertiary alicyclic amines) is 1. The van der Waals surface area contributed by atoms with Crippen molar-refractivity contribution >= 4 is 11.9 Å². The van der Waals surface area contributed by atoms with Crippen molar-refractivity contribution in [1.29, 1.82) is 0 Å². The molecule has 6 nitrogen and oxygen atoms in total. The van der Waals surface area contributed by atoms with E-state index in [4.69, 9.17) is 9.47 Å². The predicted octanol–water partition coefficient (Wildman–Crippen LogP) is 1.79. The maximum atomic E-state index is 12.5. The molecule has 1 fully saturated rings. The van der Waals surface area contributed by atoms with E-state index < -0.39 is 12.0 Å². The largest absolute Gasteiger partial charge is 0.491 e. The minimum absolute atomic E-state index is 0.240. The summed E-state index contributed by atoms with van der Waals surface area (Å²) in [6.07, 6.45) is 2.19. The Morgan fingerprint density at radius 2 is 1.95 bits per heavy atom. The Morgan fingerprint density at radius 1 is 1.23 bits per heavy atom. The fourth-order valence-electron chi connectivity index (χ4n) is 2.53. The van der Waals surface area contributed by atoms with Crippen molar-refractivity contribution in [3.05, 3.63) is 29.8 Å². The fraction of sp³-hybridized carbons (Fsp3) is 0.500. The molecule has 2 rings (SSSR count). The Morgan fingerprint density at radius 3 is 2.59 bits per heavy atom. The number of methoxy groups -OCH3 is 1. The number of ether oxygens (including phenoxy) is 2. The molecule has 1 N–H and O–H groups in total. The lowest BCUT2D eigenvalue weighted by Crippen LogP contribution is -2.47. The molecule has 1 amide bonds. The van der Waals surface area contributed by atoms with E-state index in [9.17, 15) is 14.7 Å². The summed E-state index contributed by atoms with van der Waals surface area (Å²) in [5, 5.41) is 9.24. The van der Waals surface area contributed by atoms with Crippen LogP contribution in [0.2, 0.25) is 0 Å². The normalized spacial score (nSPS) is 18.0. The van der Waals surface area contributed by atoms with E-state index in [0.29, 0.717) is 37.5 Å². The zero-order valence-electron chi connectivity index (χ0n) is 12.7. The van der Waals surface area contributed by atoms with Gasteiger partial charge in [-0.05, 0) is 43.5 Å². The van der Waals surface area contributed by atoms with Crippen LogP contribution in [0.1, 0.15) is 29.6 Å². The van der Waals surface area contributed by atoms with Crippen LogP contribution in [0, 0.1) is 0 Å². The van der Waals surface area contributed by atoms with Crippen molar-refractivity contribution in [2.75, 3.05) is 26.9 Å². The minimum atomic E-state index is -0.937. The summed E-state index contributed by atoms with van der Waals surface area (Å²) in [6, 6.07) is 6.03. The number of hydrogen-bond acceptors (Lipinski definition) is 4. The highest BCUT2D eigenvalue weighted by molar-refractivity contribution is 5.96. The Hall–Kier alpha value is -2.08. The van der Waals surface area contributed by atoms with Crippen LogP contribution in [0.3, 0.4) is 0 Å². The lowest BCUT2D eigenvalue weighted by molar-refractivity contribution is -0.143. The number of hydrogen-bond donors (Lipinski definition) is 1. The van der Waals surface area contributed by atoms with Crippen molar-refractivity contribution in [3.63, 3.8) is 0 Å². The van der Waals surface area contributed by atoms with Crippen LogP contribution >= 0.6 is 0 Å². The number of carbonyl (C=O) groups is 2. The zero-order valence-corrected chi connectivity index (χ0v) is 12.7. The van der Waals surface area contributed by atoms with Crippen molar-refractivity contribution in [3.8, 4) is 5.75 Å². The van der Waals surface area contributed by atoms with Crippen LogP contribution in [0.15, 0.2) is 24.3 Å². The first-order valence-electron chi connectivity index (χ1n) is 7.39. The maximum absolute atomic E-state index is 12.5. The van der Waals surface area contributed by atoms with Gasteiger partial charge in [-0.3, -0.25) is 4.79 Å². The molecule has 120 valence electrons. The van der Waals surface area contributed by atoms with Crippen LogP contribution < -0.4 is 4.74 Å². The van der Waals surface area contributed by atoms with Gasteiger partial charge < -0.3 is 19.5 Å². The molecule has 0 aliphatic carbocycles. The molecule has 1 saturated heterocycles. The summed E-state index contributed by atoms with van der Waals surface area (Å²) >= 11 is 0. The van der Waals surface area contributed by atoms with Gasteiger partial charge in [0.25, 0.3) is 5.91 Å². The van der Waals surface area contributed by atoms with Crippen LogP contribution in [-0.4, -0.2) is 54.8 Å². The molecule has 1 aromatic rings. The number of rotatable bonds is 6. The highest BCUT2D eigenvalue weighted by atomic mass is 16.5. The highest BCUT2D eigenvalue weighted by Crippen LogP contribution is 2.21. The summed E-state index contributed by atoms with van der Waals surface area (Å²) in [4.78, 5) is 25.2. The van der Waals surface area contributed by atoms with E-state index in [1.54, 1.807) is 31.4 Å². The van der Waals surface area contributed by atoms with Gasteiger partial charge in [0.15, 0.2) is 0 Å². The van der Waals surface area contributed by atoms with Gasteiger partial charge >= 0.3 is 5.97 Å². The first kappa shape index (κ1) is 16.3. The molecule has 1 heterocycles. The molecule has 1 aliphatic rings. The molecule has 1 aliphatic heterocycles. The summed E-state index contributed by atoms with van der Waals surface area (Å²) in [5.74, 6) is -0.523. The molecule has 0 unspecified atom stereocenters. The third kappa shape index (κ3) is 3.98. The van der Waals surface area contributed by atoms with Crippen LogP contribution in [0.25, 0.3) is 0 Å². The molecular weight excluding hydrogens is 286 g/mol. The summed E-state index contributed by atoms with van der Waals surface area (Å²) in [7, 11) is 1.60. The molecule has 1 aromatic carbocycles. The van der Waals surface area contributed by atoms with Crippen molar-refractivity contribution < 1.29 is 24.2 Å². The van der Waals surface area contributed by atoms with E-state index >= 15 is 0 Å². The van der Waals surface area contributed by atoms with E-state index in [1.807, 2.05) is 0 Å². The molecule has 0 bridgehead atoms. The Kier molecular flexibility index (Phi) is 5.77. The Bertz CT molecular complexity index is 514. The first-order valence-corrected chi connectivity index (χ1v) is 7.39. The minimum Gasteiger partial charge on any atom is -0.491 e. The second kappa shape index (κ2) is 7.79.